The smallest absolute Gasteiger partial charge is 0.337 e. The lowest BCUT2D eigenvalue weighted by Crippen LogP contribution is -2.11. The quantitative estimate of drug-likeness (QED) is 0.653. The van der Waals surface area contributed by atoms with Crippen molar-refractivity contribution in [2.75, 3.05) is 12.4 Å². The molecule has 5 nitrogen and oxygen atoms in total. The van der Waals surface area contributed by atoms with Crippen LogP contribution in [0.4, 0.5) is 5.69 Å². The van der Waals surface area contributed by atoms with Gasteiger partial charge >= 0.3 is 5.97 Å². The second-order valence-corrected chi connectivity index (χ2v) is 6.90. The van der Waals surface area contributed by atoms with E-state index in [2.05, 4.69) is 15.0 Å². The Hall–Kier alpha value is -2.70. The molecule has 26 heavy (non-hydrogen) atoms. The molecule has 0 aliphatic rings. The van der Waals surface area contributed by atoms with E-state index < -0.39 is 5.97 Å². The maximum atomic E-state index is 12.6. The average molecular weight is 387 g/mol. The van der Waals surface area contributed by atoms with Gasteiger partial charge in [0, 0.05) is 16.3 Å². The highest BCUT2D eigenvalue weighted by molar-refractivity contribution is 7.17. The van der Waals surface area contributed by atoms with Crippen LogP contribution < -0.4 is 5.32 Å². The minimum absolute atomic E-state index is 0.244. The topological polar surface area (TPSA) is 68.3 Å². The number of aromatic nitrogens is 1. The standard InChI is InChI=1S/C19H15ClN2O3S/c1-11-16(26-18(21-11)12-3-7-14(20)8-4-12)17(23)22-15-9-5-13(6-10-15)19(24)25-2/h3-10H,1-2H3,(H,22,23). The number of carbonyl (C=O) groups is 2. The number of hydrogen-bond donors (Lipinski definition) is 1. The van der Waals surface area contributed by atoms with E-state index in [9.17, 15) is 9.59 Å². The number of ether oxygens (including phenoxy) is 1. The number of rotatable bonds is 4. The molecule has 0 saturated heterocycles. The molecule has 0 spiro atoms. The van der Waals surface area contributed by atoms with E-state index in [0.29, 0.717) is 26.8 Å². The molecule has 0 radical (unpaired) electrons. The van der Waals surface area contributed by atoms with Gasteiger partial charge in [-0.15, -0.1) is 11.3 Å². The molecule has 1 aromatic heterocycles. The predicted octanol–water partition coefficient (Wildman–Crippen LogP) is 4.81. The molecule has 0 atom stereocenters. The molecule has 1 heterocycles. The first-order valence-corrected chi connectivity index (χ1v) is 8.90. The first-order chi connectivity index (χ1) is 12.5. The van der Waals surface area contributed by atoms with Gasteiger partial charge in [0.1, 0.15) is 9.88 Å². The Morgan fingerprint density at radius 1 is 1.08 bits per heavy atom. The third-order valence-electron chi connectivity index (χ3n) is 3.66. The van der Waals surface area contributed by atoms with Crippen LogP contribution in [0.25, 0.3) is 10.6 Å². The highest BCUT2D eigenvalue weighted by atomic mass is 35.5. The maximum absolute atomic E-state index is 12.6. The van der Waals surface area contributed by atoms with E-state index in [4.69, 9.17) is 11.6 Å². The van der Waals surface area contributed by atoms with Crippen molar-refractivity contribution in [3.8, 4) is 10.6 Å². The van der Waals surface area contributed by atoms with Gasteiger partial charge in [0.2, 0.25) is 0 Å². The number of methoxy groups -OCH3 is 1. The van der Waals surface area contributed by atoms with Crippen molar-refractivity contribution in [3.63, 3.8) is 0 Å². The van der Waals surface area contributed by atoms with Gasteiger partial charge in [-0.05, 0) is 43.3 Å². The molecular weight excluding hydrogens is 372 g/mol. The summed E-state index contributed by atoms with van der Waals surface area (Å²) in [6, 6.07) is 13.8. The number of aryl methyl sites for hydroxylation is 1. The Kier molecular flexibility index (Phi) is 5.35. The SMILES string of the molecule is COC(=O)c1ccc(NC(=O)c2sc(-c3ccc(Cl)cc3)nc2C)cc1. The third kappa shape index (κ3) is 3.92. The number of amides is 1. The molecule has 1 N–H and O–H groups in total. The van der Waals surface area contributed by atoms with Crippen molar-refractivity contribution >= 4 is 40.5 Å². The van der Waals surface area contributed by atoms with E-state index in [0.717, 1.165) is 10.6 Å². The summed E-state index contributed by atoms with van der Waals surface area (Å²) < 4.78 is 4.65. The van der Waals surface area contributed by atoms with Crippen LogP contribution in [0.15, 0.2) is 48.5 Å². The molecule has 7 heteroatoms. The number of carbonyl (C=O) groups excluding carboxylic acids is 2. The van der Waals surface area contributed by atoms with Gasteiger partial charge < -0.3 is 10.1 Å². The first-order valence-electron chi connectivity index (χ1n) is 7.71. The largest absolute Gasteiger partial charge is 0.465 e. The summed E-state index contributed by atoms with van der Waals surface area (Å²) in [5.74, 6) is -0.667. The molecular formula is C19H15ClN2O3S. The molecule has 2 aromatic carbocycles. The Bertz CT molecular complexity index is 950. The number of esters is 1. The summed E-state index contributed by atoms with van der Waals surface area (Å²) in [6.45, 7) is 1.80. The number of hydrogen-bond acceptors (Lipinski definition) is 5. The Labute approximate surface area is 159 Å². The van der Waals surface area contributed by atoms with Crippen molar-refractivity contribution in [1.29, 1.82) is 0 Å². The third-order valence-corrected chi connectivity index (χ3v) is 5.12. The molecule has 3 rings (SSSR count). The minimum atomic E-state index is -0.422. The summed E-state index contributed by atoms with van der Waals surface area (Å²) in [5.41, 5.74) is 2.57. The fourth-order valence-electron chi connectivity index (χ4n) is 2.32. The van der Waals surface area contributed by atoms with E-state index >= 15 is 0 Å². The van der Waals surface area contributed by atoms with Crippen molar-refractivity contribution < 1.29 is 14.3 Å². The monoisotopic (exact) mass is 386 g/mol. The molecule has 0 bridgehead atoms. The van der Waals surface area contributed by atoms with Gasteiger partial charge in [0.05, 0.1) is 18.4 Å². The van der Waals surface area contributed by atoms with Crippen LogP contribution in [0.3, 0.4) is 0 Å². The average Bonchev–Trinajstić information content (AvgIpc) is 3.04. The Balaban J connectivity index is 1.78. The van der Waals surface area contributed by atoms with Crippen LogP contribution in [0.5, 0.6) is 0 Å². The van der Waals surface area contributed by atoms with Gasteiger partial charge in [0.25, 0.3) is 5.91 Å². The van der Waals surface area contributed by atoms with Crippen LogP contribution in [0, 0.1) is 6.92 Å². The van der Waals surface area contributed by atoms with Crippen LogP contribution in [-0.2, 0) is 4.74 Å². The number of nitrogens with zero attached hydrogens (tertiary/aromatic N) is 1. The lowest BCUT2D eigenvalue weighted by atomic mass is 10.2. The summed E-state index contributed by atoms with van der Waals surface area (Å²) in [4.78, 5) is 29.0. The van der Waals surface area contributed by atoms with Crippen LogP contribution in [-0.4, -0.2) is 24.0 Å². The van der Waals surface area contributed by atoms with Gasteiger partial charge in [-0.2, -0.15) is 0 Å². The zero-order valence-electron chi connectivity index (χ0n) is 14.1. The highest BCUT2D eigenvalue weighted by Gasteiger charge is 2.16. The fourth-order valence-corrected chi connectivity index (χ4v) is 3.41. The van der Waals surface area contributed by atoms with Crippen molar-refractivity contribution in [2.45, 2.75) is 6.92 Å². The van der Waals surface area contributed by atoms with Crippen molar-refractivity contribution in [2.24, 2.45) is 0 Å². The highest BCUT2D eigenvalue weighted by Crippen LogP contribution is 2.29. The Morgan fingerprint density at radius 2 is 1.73 bits per heavy atom. The number of halogens is 1. The van der Waals surface area contributed by atoms with Crippen LogP contribution in [0.1, 0.15) is 25.7 Å². The van der Waals surface area contributed by atoms with Gasteiger partial charge in [-0.25, -0.2) is 9.78 Å². The molecule has 132 valence electrons. The summed E-state index contributed by atoms with van der Waals surface area (Å²) in [6.07, 6.45) is 0. The second kappa shape index (κ2) is 7.68. The van der Waals surface area contributed by atoms with Gasteiger partial charge in [0.15, 0.2) is 0 Å². The number of anilines is 1. The lowest BCUT2D eigenvalue weighted by molar-refractivity contribution is 0.0600. The van der Waals surface area contributed by atoms with Gasteiger partial charge in [-0.3, -0.25) is 4.79 Å². The van der Waals surface area contributed by atoms with E-state index in [-0.39, 0.29) is 5.91 Å². The summed E-state index contributed by atoms with van der Waals surface area (Å²) >= 11 is 7.22. The minimum Gasteiger partial charge on any atom is -0.465 e. The second-order valence-electron chi connectivity index (χ2n) is 5.46. The molecule has 0 unspecified atom stereocenters. The van der Waals surface area contributed by atoms with E-state index in [1.807, 2.05) is 12.1 Å². The fraction of sp³-hybridized carbons (Fsp3) is 0.105. The molecule has 0 saturated carbocycles. The number of benzene rings is 2. The first kappa shape index (κ1) is 18.1. The predicted molar refractivity (Wildman–Crippen MR) is 103 cm³/mol. The normalized spacial score (nSPS) is 10.4. The van der Waals surface area contributed by atoms with Gasteiger partial charge in [-0.1, -0.05) is 23.7 Å². The van der Waals surface area contributed by atoms with Crippen molar-refractivity contribution in [3.05, 3.63) is 69.7 Å². The molecule has 0 aliphatic heterocycles. The molecule has 0 aliphatic carbocycles. The van der Waals surface area contributed by atoms with Crippen molar-refractivity contribution in [1.82, 2.24) is 4.98 Å². The zero-order chi connectivity index (χ0) is 18.7. The van der Waals surface area contributed by atoms with Crippen LogP contribution >= 0.6 is 22.9 Å². The van der Waals surface area contributed by atoms with E-state index in [1.54, 1.807) is 43.3 Å². The molecule has 1 amide bonds. The number of nitrogens with one attached hydrogen (secondary N) is 1. The summed E-state index contributed by atoms with van der Waals surface area (Å²) in [7, 11) is 1.32. The zero-order valence-corrected chi connectivity index (χ0v) is 15.6. The molecule has 0 fully saturated rings. The number of thiazole rings is 1. The Morgan fingerprint density at radius 3 is 2.35 bits per heavy atom. The lowest BCUT2D eigenvalue weighted by Gasteiger charge is -2.05. The van der Waals surface area contributed by atoms with Crippen LogP contribution in [0.2, 0.25) is 5.02 Å². The molecule has 3 aromatic rings. The van der Waals surface area contributed by atoms with E-state index in [1.165, 1.54) is 18.4 Å². The maximum Gasteiger partial charge on any atom is 0.337 e. The summed E-state index contributed by atoms with van der Waals surface area (Å²) in [5, 5.41) is 4.22.